The van der Waals surface area contributed by atoms with Crippen LogP contribution in [0.2, 0.25) is 5.02 Å². The van der Waals surface area contributed by atoms with Crippen LogP contribution in [0.3, 0.4) is 0 Å². The van der Waals surface area contributed by atoms with Crippen LogP contribution in [0.5, 0.6) is 0 Å². The summed E-state index contributed by atoms with van der Waals surface area (Å²) in [6.45, 7) is 6.25. The van der Waals surface area contributed by atoms with E-state index in [0.29, 0.717) is 16.4 Å². The van der Waals surface area contributed by atoms with Crippen LogP contribution in [0, 0.1) is 0 Å². The van der Waals surface area contributed by atoms with Gasteiger partial charge in [-0.05, 0) is 25.3 Å². The van der Waals surface area contributed by atoms with E-state index < -0.39 is 0 Å². The first-order valence-electron chi connectivity index (χ1n) is 6.67. The molecule has 0 aliphatic carbocycles. The van der Waals surface area contributed by atoms with E-state index in [-0.39, 0.29) is 11.4 Å². The van der Waals surface area contributed by atoms with Gasteiger partial charge in [0.25, 0.3) is 5.91 Å². The van der Waals surface area contributed by atoms with Crippen molar-refractivity contribution in [2.24, 2.45) is 0 Å². The van der Waals surface area contributed by atoms with Gasteiger partial charge in [-0.1, -0.05) is 32.4 Å². The molecule has 1 aromatic rings. The van der Waals surface area contributed by atoms with Gasteiger partial charge >= 0.3 is 0 Å². The van der Waals surface area contributed by atoms with Crippen LogP contribution in [0.15, 0.2) is 12.3 Å². The molecule has 0 spiro atoms. The molecule has 1 rings (SSSR count). The van der Waals surface area contributed by atoms with E-state index >= 15 is 0 Å². The second kappa shape index (κ2) is 6.75. The van der Waals surface area contributed by atoms with Crippen molar-refractivity contribution < 1.29 is 4.79 Å². The van der Waals surface area contributed by atoms with Crippen molar-refractivity contribution in [2.75, 3.05) is 12.4 Å². The molecule has 0 fully saturated rings. The maximum Gasteiger partial charge on any atom is 0.253 e. The van der Waals surface area contributed by atoms with Gasteiger partial charge in [-0.3, -0.25) is 4.79 Å². The van der Waals surface area contributed by atoms with Crippen LogP contribution in [0.4, 0.5) is 5.82 Å². The number of pyridine rings is 1. The summed E-state index contributed by atoms with van der Waals surface area (Å²) in [5.41, 5.74) is 0.296. The summed E-state index contributed by atoms with van der Waals surface area (Å²) in [6.07, 6.45) is 4.18. The molecule has 0 saturated heterocycles. The molecular formula is C14H22ClN3O. The number of hydrogen-bond acceptors (Lipinski definition) is 3. The molecule has 0 unspecified atom stereocenters. The summed E-state index contributed by atoms with van der Waals surface area (Å²) >= 11 is 6.06. The highest BCUT2D eigenvalue weighted by atomic mass is 35.5. The minimum Gasteiger partial charge on any atom is -0.373 e. The van der Waals surface area contributed by atoms with E-state index in [1.165, 1.54) is 6.20 Å². The summed E-state index contributed by atoms with van der Waals surface area (Å²) < 4.78 is 0. The van der Waals surface area contributed by atoms with Crippen molar-refractivity contribution in [3.8, 4) is 0 Å². The first-order valence-corrected chi connectivity index (χ1v) is 7.05. The van der Waals surface area contributed by atoms with Gasteiger partial charge in [-0.15, -0.1) is 0 Å². The molecule has 0 bridgehead atoms. The number of anilines is 1. The summed E-state index contributed by atoms with van der Waals surface area (Å²) in [5.74, 6) is 0.485. The summed E-state index contributed by atoms with van der Waals surface area (Å²) in [5, 5.41) is 6.38. The van der Waals surface area contributed by atoms with Gasteiger partial charge in [0.15, 0.2) is 0 Å². The van der Waals surface area contributed by atoms with Gasteiger partial charge in [0.05, 0.1) is 10.6 Å². The number of nitrogens with zero attached hydrogens (tertiary/aromatic N) is 1. The van der Waals surface area contributed by atoms with E-state index in [0.717, 1.165) is 19.3 Å². The Kier molecular flexibility index (Phi) is 5.60. The zero-order valence-corrected chi connectivity index (χ0v) is 12.8. The number of rotatable bonds is 6. The molecule has 0 atom stereocenters. The fourth-order valence-electron chi connectivity index (χ4n) is 2.07. The molecule has 1 aromatic heterocycles. The number of carbonyl (C=O) groups excluding carboxylic acids is 1. The van der Waals surface area contributed by atoms with Gasteiger partial charge < -0.3 is 10.6 Å². The van der Waals surface area contributed by atoms with Gasteiger partial charge in [0.1, 0.15) is 5.82 Å². The molecule has 19 heavy (non-hydrogen) atoms. The van der Waals surface area contributed by atoms with Crippen molar-refractivity contribution in [1.29, 1.82) is 0 Å². The van der Waals surface area contributed by atoms with Crippen LogP contribution in [-0.4, -0.2) is 23.5 Å². The highest BCUT2D eigenvalue weighted by Gasteiger charge is 2.27. The highest BCUT2D eigenvalue weighted by Crippen LogP contribution is 2.23. The molecular weight excluding hydrogens is 262 g/mol. The first-order chi connectivity index (χ1) is 9.01. The van der Waals surface area contributed by atoms with Gasteiger partial charge in [0, 0.05) is 18.8 Å². The van der Waals surface area contributed by atoms with E-state index in [2.05, 4.69) is 36.4 Å². The summed E-state index contributed by atoms with van der Waals surface area (Å²) in [7, 11) is 1.76. The van der Waals surface area contributed by atoms with Crippen molar-refractivity contribution >= 4 is 23.3 Å². The minimum atomic E-state index is -0.163. The molecule has 0 aromatic carbocycles. The maximum atomic E-state index is 12.4. The number of aromatic nitrogens is 1. The van der Waals surface area contributed by atoms with Crippen LogP contribution < -0.4 is 10.6 Å². The average Bonchev–Trinajstić information content (AvgIpc) is 2.45. The molecule has 0 saturated carbocycles. The molecule has 0 radical (unpaired) electrons. The summed E-state index contributed by atoms with van der Waals surface area (Å²) in [4.78, 5) is 16.4. The van der Waals surface area contributed by atoms with Gasteiger partial charge in [-0.25, -0.2) is 4.98 Å². The van der Waals surface area contributed by atoms with Gasteiger partial charge in [0.2, 0.25) is 0 Å². The lowest BCUT2D eigenvalue weighted by Crippen LogP contribution is -2.47. The van der Waals surface area contributed by atoms with E-state index in [9.17, 15) is 4.79 Å². The van der Waals surface area contributed by atoms with E-state index in [4.69, 9.17) is 11.6 Å². The number of halogens is 1. The molecule has 1 amide bonds. The fourth-order valence-corrected chi connectivity index (χ4v) is 2.26. The fraction of sp³-hybridized carbons (Fsp3) is 0.571. The predicted octanol–water partition coefficient (Wildman–Crippen LogP) is 3.48. The lowest BCUT2D eigenvalue weighted by molar-refractivity contribution is 0.0888. The minimum absolute atomic E-state index is 0.144. The summed E-state index contributed by atoms with van der Waals surface area (Å²) in [6, 6.07) is 1.67. The Labute approximate surface area is 120 Å². The zero-order chi connectivity index (χ0) is 14.5. The largest absolute Gasteiger partial charge is 0.373 e. The first kappa shape index (κ1) is 15.8. The van der Waals surface area contributed by atoms with Crippen LogP contribution in [0.1, 0.15) is 50.4 Å². The van der Waals surface area contributed by atoms with E-state index in [1.807, 2.05) is 0 Å². The Morgan fingerprint density at radius 1 is 1.32 bits per heavy atom. The topological polar surface area (TPSA) is 54.0 Å². The SMILES string of the molecule is CCC(CC)(CC)NC(=O)c1cc(NC)ncc1Cl. The molecule has 2 N–H and O–H groups in total. The number of hydrogen-bond donors (Lipinski definition) is 2. The number of nitrogens with one attached hydrogen (secondary N) is 2. The Hall–Kier alpha value is -1.29. The number of amides is 1. The second-order valence-electron chi connectivity index (χ2n) is 4.59. The lowest BCUT2D eigenvalue weighted by atomic mass is 9.89. The van der Waals surface area contributed by atoms with E-state index in [1.54, 1.807) is 13.1 Å². The monoisotopic (exact) mass is 283 g/mol. The van der Waals surface area contributed by atoms with Crippen LogP contribution >= 0.6 is 11.6 Å². The normalized spacial score (nSPS) is 11.2. The van der Waals surface area contributed by atoms with Crippen molar-refractivity contribution in [2.45, 2.75) is 45.6 Å². The standard InChI is InChI=1S/C14H22ClN3O/c1-5-14(6-2,7-3)18-13(19)10-8-12(16-4)17-9-11(10)15/h8-9H,5-7H2,1-4H3,(H,16,17)(H,18,19). The average molecular weight is 284 g/mol. The molecule has 0 aliphatic rings. The Balaban J connectivity index is 3.00. The van der Waals surface area contributed by atoms with Crippen molar-refractivity contribution in [1.82, 2.24) is 10.3 Å². The molecule has 4 nitrogen and oxygen atoms in total. The van der Waals surface area contributed by atoms with Gasteiger partial charge in [-0.2, -0.15) is 0 Å². The van der Waals surface area contributed by atoms with Crippen LogP contribution in [-0.2, 0) is 0 Å². The third-order valence-corrected chi connectivity index (χ3v) is 4.07. The molecule has 0 aliphatic heterocycles. The van der Waals surface area contributed by atoms with Crippen molar-refractivity contribution in [3.05, 3.63) is 22.8 Å². The Morgan fingerprint density at radius 3 is 2.37 bits per heavy atom. The number of carbonyl (C=O) groups is 1. The molecule has 1 heterocycles. The maximum absolute atomic E-state index is 12.4. The zero-order valence-electron chi connectivity index (χ0n) is 12.0. The highest BCUT2D eigenvalue weighted by molar-refractivity contribution is 6.33. The molecule has 5 heteroatoms. The second-order valence-corrected chi connectivity index (χ2v) is 5.00. The third kappa shape index (κ3) is 3.60. The Bertz CT molecular complexity index is 436. The quantitative estimate of drug-likeness (QED) is 0.840. The predicted molar refractivity (Wildman–Crippen MR) is 79.9 cm³/mol. The van der Waals surface area contributed by atoms with Crippen molar-refractivity contribution in [3.63, 3.8) is 0 Å². The third-order valence-electron chi connectivity index (χ3n) is 3.77. The van der Waals surface area contributed by atoms with Crippen LogP contribution in [0.25, 0.3) is 0 Å². The lowest BCUT2D eigenvalue weighted by Gasteiger charge is -2.32. The Morgan fingerprint density at radius 2 is 1.89 bits per heavy atom. The molecule has 106 valence electrons. The smallest absolute Gasteiger partial charge is 0.253 e.